The molecule has 1 aliphatic heterocycles. The number of rotatable bonds is 3. The van der Waals surface area contributed by atoms with Gasteiger partial charge in [-0.05, 0) is 42.0 Å². The van der Waals surface area contributed by atoms with Gasteiger partial charge >= 0.3 is 0 Å². The lowest BCUT2D eigenvalue weighted by Gasteiger charge is -2.01. The fourth-order valence-corrected chi connectivity index (χ4v) is 1.44. The van der Waals surface area contributed by atoms with Crippen LogP contribution < -0.4 is 9.47 Å². The Kier molecular flexibility index (Phi) is 3.35. The molecule has 0 aromatic heterocycles. The minimum Gasteiger partial charge on any atom is -0.507 e. The van der Waals surface area contributed by atoms with Gasteiger partial charge in [0.25, 0.3) is 0 Å². The van der Waals surface area contributed by atoms with Crippen molar-refractivity contribution in [1.82, 2.24) is 0 Å². The molecular formula is C12H9ClO4. The Labute approximate surface area is 103 Å². The van der Waals surface area contributed by atoms with E-state index in [0.29, 0.717) is 17.1 Å². The lowest BCUT2D eigenvalue weighted by molar-refractivity contribution is -0.107. The smallest absolute Gasteiger partial charge is 0.245 e. The molecule has 5 heteroatoms. The molecule has 0 saturated carbocycles. The predicted octanol–water partition coefficient (Wildman–Crippen LogP) is 2.64. The van der Waals surface area contributed by atoms with Crippen LogP contribution in [0.2, 0.25) is 0 Å². The molecule has 0 spiro atoms. The summed E-state index contributed by atoms with van der Waals surface area (Å²) in [6.45, 7) is 0.184. The van der Waals surface area contributed by atoms with Crippen molar-refractivity contribution < 1.29 is 19.4 Å². The number of carbonyl (C=O) groups is 1. The number of hydrogen-bond acceptors (Lipinski definition) is 4. The molecular weight excluding hydrogens is 244 g/mol. The van der Waals surface area contributed by atoms with Crippen LogP contribution in [0.1, 0.15) is 5.56 Å². The number of halogens is 1. The van der Waals surface area contributed by atoms with Gasteiger partial charge in [-0.3, -0.25) is 4.79 Å². The van der Waals surface area contributed by atoms with Gasteiger partial charge in [0.1, 0.15) is 5.76 Å². The first-order valence-corrected chi connectivity index (χ1v) is 5.21. The van der Waals surface area contributed by atoms with Crippen molar-refractivity contribution >= 4 is 22.6 Å². The lowest BCUT2D eigenvalue weighted by Crippen LogP contribution is -1.92. The van der Waals surface area contributed by atoms with Crippen molar-refractivity contribution in [2.75, 3.05) is 6.79 Å². The zero-order valence-corrected chi connectivity index (χ0v) is 9.48. The molecule has 1 aromatic rings. The topological polar surface area (TPSA) is 55.8 Å². The summed E-state index contributed by atoms with van der Waals surface area (Å²) in [7, 11) is 0. The summed E-state index contributed by atoms with van der Waals surface area (Å²) in [5.41, 5.74) is 0.570. The molecule has 0 fully saturated rings. The molecule has 0 atom stereocenters. The molecule has 1 heterocycles. The Morgan fingerprint density at radius 2 is 2.12 bits per heavy atom. The van der Waals surface area contributed by atoms with E-state index in [-0.39, 0.29) is 12.6 Å². The minimum absolute atomic E-state index is 0.0115. The maximum absolute atomic E-state index is 10.4. The first-order chi connectivity index (χ1) is 8.16. The zero-order valence-electron chi connectivity index (χ0n) is 8.72. The number of aliphatic hydroxyl groups excluding tert-OH is 1. The Hall–Kier alpha value is -1.94. The third-order valence-electron chi connectivity index (χ3n) is 2.15. The van der Waals surface area contributed by atoms with Crippen LogP contribution in [0.4, 0.5) is 0 Å². The molecule has 17 heavy (non-hydrogen) atoms. The van der Waals surface area contributed by atoms with Gasteiger partial charge in [0.2, 0.25) is 12.0 Å². The van der Waals surface area contributed by atoms with Crippen LogP contribution in [0, 0.1) is 0 Å². The van der Waals surface area contributed by atoms with Gasteiger partial charge in [0.15, 0.2) is 11.5 Å². The number of benzene rings is 1. The van der Waals surface area contributed by atoms with E-state index in [2.05, 4.69) is 0 Å². The summed E-state index contributed by atoms with van der Waals surface area (Å²) in [4.78, 5) is 10.4. The van der Waals surface area contributed by atoms with Crippen molar-refractivity contribution in [3.63, 3.8) is 0 Å². The van der Waals surface area contributed by atoms with Crippen LogP contribution in [-0.2, 0) is 4.79 Å². The molecule has 0 bridgehead atoms. The molecule has 1 aliphatic rings. The van der Waals surface area contributed by atoms with Crippen molar-refractivity contribution in [1.29, 1.82) is 0 Å². The summed E-state index contributed by atoms with van der Waals surface area (Å²) < 4.78 is 10.3. The van der Waals surface area contributed by atoms with E-state index in [4.69, 9.17) is 21.1 Å². The van der Waals surface area contributed by atoms with Crippen molar-refractivity contribution in [3.05, 3.63) is 42.0 Å². The first-order valence-electron chi connectivity index (χ1n) is 4.83. The van der Waals surface area contributed by atoms with Crippen molar-refractivity contribution in [3.8, 4) is 11.5 Å². The minimum atomic E-state index is -0.597. The molecule has 0 radical (unpaired) electrons. The fourth-order valence-electron chi connectivity index (χ4n) is 1.37. The molecule has 0 saturated heterocycles. The van der Waals surface area contributed by atoms with Crippen LogP contribution in [0.5, 0.6) is 11.5 Å². The lowest BCUT2D eigenvalue weighted by atomic mass is 10.1. The quantitative estimate of drug-likeness (QED) is 0.389. The highest BCUT2D eigenvalue weighted by Crippen LogP contribution is 2.33. The van der Waals surface area contributed by atoms with Crippen molar-refractivity contribution in [2.45, 2.75) is 0 Å². The SMILES string of the molecule is O=C(Cl)C=CC=C(O)c1ccc2c(c1)OCO2. The monoisotopic (exact) mass is 252 g/mol. The molecule has 88 valence electrons. The summed E-state index contributed by atoms with van der Waals surface area (Å²) in [6, 6.07) is 5.05. The average molecular weight is 253 g/mol. The van der Waals surface area contributed by atoms with E-state index in [9.17, 15) is 9.90 Å². The van der Waals surface area contributed by atoms with Crippen LogP contribution in [0.25, 0.3) is 5.76 Å². The Morgan fingerprint density at radius 1 is 1.35 bits per heavy atom. The van der Waals surface area contributed by atoms with Crippen LogP contribution in [0.3, 0.4) is 0 Å². The summed E-state index contributed by atoms with van der Waals surface area (Å²) >= 11 is 5.11. The second kappa shape index (κ2) is 4.93. The van der Waals surface area contributed by atoms with E-state index in [1.807, 2.05) is 0 Å². The number of ether oxygens (including phenoxy) is 2. The zero-order chi connectivity index (χ0) is 12.3. The van der Waals surface area contributed by atoms with Gasteiger partial charge in [0.05, 0.1) is 0 Å². The number of hydrogen-bond donors (Lipinski definition) is 1. The maximum atomic E-state index is 10.4. The number of aliphatic hydroxyl groups is 1. The molecule has 0 unspecified atom stereocenters. The van der Waals surface area contributed by atoms with Gasteiger partial charge in [-0.2, -0.15) is 0 Å². The highest BCUT2D eigenvalue weighted by molar-refractivity contribution is 6.66. The van der Waals surface area contributed by atoms with E-state index >= 15 is 0 Å². The highest BCUT2D eigenvalue weighted by Gasteiger charge is 2.13. The molecule has 2 rings (SSSR count). The number of carbonyl (C=O) groups excluding carboxylic acids is 1. The summed E-state index contributed by atoms with van der Waals surface area (Å²) in [6.07, 6.45) is 3.89. The van der Waals surface area contributed by atoms with Crippen LogP contribution in [-0.4, -0.2) is 17.1 Å². The molecule has 0 aliphatic carbocycles. The third kappa shape index (κ3) is 2.79. The Balaban J connectivity index is 2.19. The normalized spacial score (nSPS) is 14.3. The maximum Gasteiger partial charge on any atom is 0.245 e. The number of fused-ring (bicyclic) bond motifs is 1. The third-order valence-corrected chi connectivity index (χ3v) is 2.28. The van der Waals surface area contributed by atoms with Gasteiger partial charge in [-0.25, -0.2) is 0 Å². The van der Waals surface area contributed by atoms with Crippen LogP contribution in [0.15, 0.2) is 36.4 Å². The first kappa shape index (κ1) is 11.5. The van der Waals surface area contributed by atoms with E-state index in [0.717, 1.165) is 6.08 Å². The van der Waals surface area contributed by atoms with Crippen LogP contribution >= 0.6 is 11.6 Å². The Morgan fingerprint density at radius 3 is 2.88 bits per heavy atom. The summed E-state index contributed by atoms with van der Waals surface area (Å²) in [5.74, 6) is 1.24. The van der Waals surface area contributed by atoms with E-state index in [1.54, 1.807) is 18.2 Å². The number of allylic oxidation sites excluding steroid dienone is 3. The van der Waals surface area contributed by atoms with Gasteiger partial charge in [-0.1, -0.05) is 6.08 Å². The van der Waals surface area contributed by atoms with Gasteiger partial charge < -0.3 is 14.6 Å². The molecule has 4 nitrogen and oxygen atoms in total. The fraction of sp³-hybridized carbons (Fsp3) is 0.0833. The van der Waals surface area contributed by atoms with Gasteiger partial charge in [-0.15, -0.1) is 0 Å². The van der Waals surface area contributed by atoms with Gasteiger partial charge in [0, 0.05) is 5.56 Å². The highest BCUT2D eigenvalue weighted by atomic mass is 35.5. The second-order valence-electron chi connectivity index (χ2n) is 3.28. The standard InChI is InChI=1S/C12H9ClO4/c13-12(15)3-1-2-9(14)8-4-5-10-11(6-8)17-7-16-10/h1-6,14H,7H2. The summed E-state index contributed by atoms with van der Waals surface area (Å²) in [5, 5.41) is 9.13. The second-order valence-corrected chi connectivity index (χ2v) is 3.66. The largest absolute Gasteiger partial charge is 0.507 e. The average Bonchev–Trinajstić information content (AvgIpc) is 2.75. The van der Waals surface area contributed by atoms with Crippen molar-refractivity contribution in [2.24, 2.45) is 0 Å². The molecule has 1 N–H and O–H groups in total. The predicted molar refractivity (Wildman–Crippen MR) is 63.2 cm³/mol. The van der Waals surface area contributed by atoms with E-state index in [1.165, 1.54) is 12.2 Å². The molecule has 0 amide bonds. The molecule has 1 aromatic carbocycles. The Bertz CT molecular complexity index is 505. The van der Waals surface area contributed by atoms with E-state index < -0.39 is 5.24 Å².